The first-order valence-electron chi connectivity index (χ1n) is 8.17. The number of benzene rings is 2. The normalized spacial score (nSPS) is 14.8. The molecule has 6 heteroatoms. The van der Waals surface area contributed by atoms with E-state index >= 15 is 0 Å². The zero-order valence-electron chi connectivity index (χ0n) is 13.8. The Hall–Kier alpha value is -2.55. The fraction of sp³-hybridized carbons (Fsp3) is 0.263. The number of halogens is 1. The van der Waals surface area contributed by atoms with Crippen LogP contribution in [-0.2, 0) is 4.79 Å². The highest BCUT2D eigenvalue weighted by atomic mass is 35.5. The lowest BCUT2D eigenvalue weighted by Gasteiger charge is -2.35. The Morgan fingerprint density at radius 1 is 1.12 bits per heavy atom. The van der Waals surface area contributed by atoms with E-state index in [9.17, 15) is 4.79 Å². The lowest BCUT2D eigenvalue weighted by atomic mass is 10.2. The third-order valence-electron chi connectivity index (χ3n) is 4.21. The van der Waals surface area contributed by atoms with E-state index in [4.69, 9.17) is 16.9 Å². The van der Waals surface area contributed by atoms with E-state index in [1.54, 1.807) is 24.3 Å². The Labute approximate surface area is 152 Å². The van der Waals surface area contributed by atoms with E-state index < -0.39 is 0 Å². The van der Waals surface area contributed by atoms with Gasteiger partial charge in [0.1, 0.15) is 0 Å². The molecule has 0 spiro atoms. The molecule has 0 aliphatic carbocycles. The number of anilines is 2. The molecule has 0 aromatic heterocycles. The molecule has 0 saturated carbocycles. The smallest absolute Gasteiger partial charge is 0.238 e. The lowest BCUT2D eigenvalue weighted by molar-refractivity contribution is -0.117. The molecule has 1 aliphatic heterocycles. The van der Waals surface area contributed by atoms with Crippen molar-refractivity contribution in [3.8, 4) is 6.07 Å². The molecule has 25 heavy (non-hydrogen) atoms. The number of piperazine rings is 1. The van der Waals surface area contributed by atoms with Crippen LogP contribution in [0.15, 0.2) is 48.5 Å². The fourth-order valence-electron chi connectivity index (χ4n) is 2.87. The van der Waals surface area contributed by atoms with Gasteiger partial charge in [-0.3, -0.25) is 9.69 Å². The first-order valence-corrected chi connectivity index (χ1v) is 8.55. The van der Waals surface area contributed by atoms with Crippen LogP contribution in [0.4, 0.5) is 11.4 Å². The summed E-state index contributed by atoms with van der Waals surface area (Å²) in [4.78, 5) is 16.6. The molecule has 3 rings (SSSR count). The third-order valence-corrected chi connectivity index (χ3v) is 4.45. The Kier molecular flexibility index (Phi) is 5.54. The summed E-state index contributed by atoms with van der Waals surface area (Å²) < 4.78 is 0. The van der Waals surface area contributed by atoms with Crippen LogP contribution in [0.3, 0.4) is 0 Å². The van der Waals surface area contributed by atoms with Gasteiger partial charge in [-0.1, -0.05) is 17.7 Å². The van der Waals surface area contributed by atoms with Crippen LogP contribution in [-0.4, -0.2) is 43.5 Å². The van der Waals surface area contributed by atoms with Crippen LogP contribution in [0.1, 0.15) is 5.56 Å². The molecule has 1 aliphatic rings. The van der Waals surface area contributed by atoms with Gasteiger partial charge in [-0.25, -0.2) is 0 Å². The number of amides is 1. The predicted molar refractivity (Wildman–Crippen MR) is 99.9 cm³/mol. The number of carbonyl (C=O) groups excluding carboxylic acids is 1. The van der Waals surface area contributed by atoms with Crippen LogP contribution < -0.4 is 10.2 Å². The molecule has 0 atom stereocenters. The van der Waals surface area contributed by atoms with Gasteiger partial charge in [0.15, 0.2) is 0 Å². The van der Waals surface area contributed by atoms with E-state index in [1.165, 1.54) is 0 Å². The van der Waals surface area contributed by atoms with Crippen molar-refractivity contribution in [1.82, 2.24) is 4.90 Å². The molecule has 0 unspecified atom stereocenters. The lowest BCUT2D eigenvalue weighted by Crippen LogP contribution is -2.48. The minimum atomic E-state index is -0.0408. The van der Waals surface area contributed by atoms with Crippen molar-refractivity contribution in [1.29, 1.82) is 5.26 Å². The maximum atomic E-state index is 12.2. The fourth-order valence-corrected chi connectivity index (χ4v) is 3.05. The second-order valence-electron chi connectivity index (χ2n) is 5.98. The summed E-state index contributed by atoms with van der Waals surface area (Å²) in [5.74, 6) is -0.0408. The number of nitrogens with zero attached hydrogens (tertiary/aromatic N) is 3. The van der Waals surface area contributed by atoms with E-state index in [1.807, 2.05) is 18.2 Å². The van der Waals surface area contributed by atoms with E-state index in [0.717, 1.165) is 36.9 Å². The second kappa shape index (κ2) is 8.02. The Morgan fingerprint density at radius 2 is 1.84 bits per heavy atom. The summed E-state index contributed by atoms with van der Waals surface area (Å²) in [6.07, 6.45) is 0. The minimum absolute atomic E-state index is 0.0408. The molecular weight excluding hydrogens is 336 g/mol. The molecular formula is C19H19ClN4O. The molecule has 0 radical (unpaired) electrons. The number of nitrogens with one attached hydrogen (secondary N) is 1. The zero-order chi connectivity index (χ0) is 17.6. The number of hydrogen-bond donors (Lipinski definition) is 1. The van der Waals surface area contributed by atoms with Gasteiger partial charge in [0.2, 0.25) is 5.91 Å². The molecule has 1 fully saturated rings. The van der Waals surface area contributed by atoms with Crippen molar-refractivity contribution >= 4 is 28.9 Å². The van der Waals surface area contributed by atoms with Crippen molar-refractivity contribution in [2.24, 2.45) is 0 Å². The van der Waals surface area contributed by atoms with Gasteiger partial charge in [-0.15, -0.1) is 0 Å². The summed E-state index contributed by atoms with van der Waals surface area (Å²) in [7, 11) is 0. The molecule has 2 aromatic carbocycles. The molecule has 2 aromatic rings. The van der Waals surface area contributed by atoms with E-state index in [0.29, 0.717) is 17.8 Å². The van der Waals surface area contributed by atoms with Gasteiger partial charge < -0.3 is 10.2 Å². The Balaban J connectivity index is 1.48. The highest BCUT2D eigenvalue weighted by Crippen LogP contribution is 2.20. The Bertz CT molecular complexity index is 777. The molecule has 1 heterocycles. The summed E-state index contributed by atoms with van der Waals surface area (Å²) in [6.45, 7) is 3.75. The van der Waals surface area contributed by atoms with Gasteiger partial charge in [0.05, 0.1) is 18.2 Å². The highest BCUT2D eigenvalue weighted by molar-refractivity contribution is 6.30. The van der Waals surface area contributed by atoms with Gasteiger partial charge in [-0.2, -0.15) is 5.26 Å². The zero-order valence-corrected chi connectivity index (χ0v) is 14.5. The number of nitriles is 1. The minimum Gasteiger partial charge on any atom is -0.369 e. The summed E-state index contributed by atoms with van der Waals surface area (Å²) in [5, 5.41) is 12.4. The van der Waals surface area contributed by atoms with Crippen molar-refractivity contribution < 1.29 is 4.79 Å². The summed E-state index contributed by atoms with van der Waals surface area (Å²) >= 11 is 6.05. The number of carbonyl (C=O) groups is 1. The molecule has 5 nitrogen and oxygen atoms in total. The predicted octanol–water partition coefficient (Wildman–Crippen LogP) is 2.97. The number of hydrogen-bond acceptors (Lipinski definition) is 4. The second-order valence-corrected chi connectivity index (χ2v) is 6.42. The van der Waals surface area contributed by atoms with Crippen LogP contribution in [0.25, 0.3) is 0 Å². The first-order chi connectivity index (χ1) is 12.1. The molecule has 1 N–H and O–H groups in total. The van der Waals surface area contributed by atoms with Gasteiger partial charge in [0.25, 0.3) is 0 Å². The largest absolute Gasteiger partial charge is 0.369 e. The van der Waals surface area contributed by atoms with Gasteiger partial charge >= 0.3 is 0 Å². The summed E-state index contributed by atoms with van der Waals surface area (Å²) in [5.41, 5.74) is 2.41. The van der Waals surface area contributed by atoms with Crippen molar-refractivity contribution in [2.75, 3.05) is 42.9 Å². The van der Waals surface area contributed by atoms with Crippen molar-refractivity contribution in [3.05, 3.63) is 59.1 Å². The monoisotopic (exact) mass is 354 g/mol. The van der Waals surface area contributed by atoms with Crippen LogP contribution in [0, 0.1) is 11.3 Å². The van der Waals surface area contributed by atoms with Crippen LogP contribution in [0.5, 0.6) is 0 Å². The molecule has 1 amide bonds. The molecule has 128 valence electrons. The van der Waals surface area contributed by atoms with Crippen LogP contribution >= 0.6 is 11.6 Å². The van der Waals surface area contributed by atoms with E-state index in [2.05, 4.69) is 27.3 Å². The van der Waals surface area contributed by atoms with Crippen molar-refractivity contribution in [2.45, 2.75) is 0 Å². The van der Waals surface area contributed by atoms with Gasteiger partial charge in [-0.05, 0) is 42.5 Å². The average Bonchev–Trinajstić information content (AvgIpc) is 2.63. The standard InChI is InChI=1S/C19H19ClN4O/c20-16-2-1-3-18(12-16)24-10-8-23(9-11-24)14-19(25)22-17-6-4-15(13-21)5-7-17/h1-7,12H,8-11,14H2,(H,22,25). The maximum absolute atomic E-state index is 12.2. The van der Waals surface area contributed by atoms with Crippen molar-refractivity contribution in [3.63, 3.8) is 0 Å². The maximum Gasteiger partial charge on any atom is 0.238 e. The number of rotatable bonds is 4. The molecule has 0 bridgehead atoms. The SMILES string of the molecule is N#Cc1ccc(NC(=O)CN2CCN(c3cccc(Cl)c3)CC2)cc1. The quantitative estimate of drug-likeness (QED) is 0.917. The van der Waals surface area contributed by atoms with Crippen LogP contribution in [0.2, 0.25) is 5.02 Å². The first kappa shape index (κ1) is 17.3. The van der Waals surface area contributed by atoms with Gasteiger partial charge in [0, 0.05) is 42.6 Å². The highest BCUT2D eigenvalue weighted by Gasteiger charge is 2.19. The molecule has 1 saturated heterocycles. The average molecular weight is 355 g/mol. The Morgan fingerprint density at radius 3 is 2.48 bits per heavy atom. The topological polar surface area (TPSA) is 59.4 Å². The summed E-state index contributed by atoms with van der Waals surface area (Å²) in [6, 6.07) is 16.8. The third kappa shape index (κ3) is 4.72. The van der Waals surface area contributed by atoms with E-state index in [-0.39, 0.29) is 5.91 Å².